The van der Waals surface area contributed by atoms with Crippen LogP contribution in [0.2, 0.25) is 0 Å². The minimum Gasteiger partial charge on any atom is -0.488 e. The average molecular weight is 269 g/mol. The zero-order chi connectivity index (χ0) is 14.1. The van der Waals surface area contributed by atoms with Gasteiger partial charge in [0.05, 0.1) is 6.61 Å². The highest BCUT2D eigenvalue weighted by Crippen LogP contribution is 2.22. The first kappa shape index (κ1) is 15.9. The minimum atomic E-state index is -0.319. The van der Waals surface area contributed by atoms with Crippen molar-refractivity contribution < 1.29 is 13.9 Å². The molecule has 1 aromatic rings. The molecule has 0 unspecified atom stereocenters. The molecule has 0 aromatic heterocycles. The van der Waals surface area contributed by atoms with E-state index < -0.39 is 0 Å². The molecule has 0 heterocycles. The highest BCUT2D eigenvalue weighted by atomic mass is 19.1. The van der Waals surface area contributed by atoms with Gasteiger partial charge in [-0.05, 0) is 25.5 Å². The predicted octanol–water partition coefficient (Wildman–Crippen LogP) is 2.99. The second kappa shape index (κ2) is 8.88. The third kappa shape index (κ3) is 6.03. The van der Waals surface area contributed by atoms with E-state index in [1.54, 1.807) is 6.07 Å². The Balaban J connectivity index is 2.56. The molecule has 0 saturated carbocycles. The Bertz CT molecular complexity index is 369. The summed E-state index contributed by atoms with van der Waals surface area (Å²) in [6, 6.07) is 5.01. The van der Waals surface area contributed by atoms with Gasteiger partial charge < -0.3 is 14.8 Å². The maximum atomic E-state index is 13.8. The van der Waals surface area contributed by atoms with E-state index in [1.165, 1.54) is 6.07 Å². The van der Waals surface area contributed by atoms with E-state index in [0.717, 1.165) is 12.1 Å². The number of halogens is 1. The molecule has 1 rings (SSSR count). The summed E-state index contributed by atoms with van der Waals surface area (Å²) in [6.07, 6.45) is 0. The fourth-order valence-electron chi connectivity index (χ4n) is 1.70. The molecule has 0 atom stereocenters. The van der Waals surface area contributed by atoms with Crippen LogP contribution in [-0.4, -0.2) is 26.4 Å². The van der Waals surface area contributed by atoms with Crippen LogP contribution >= 0.6 is 0 Å². The molecule has 0 fully saturated rings. The van der Waals surface area contributed by atoms with Gasteiger partial charge in [0, 0.05) is 18.7 Å². The maximum absolute atomic E-state index is 13.8. The van der Waals surface area contributed by atoms with E-state index in [9.17, 15) is 4.39 Å². The topological polar surface area (TPSA) is 30.5 Å². The quantitative estimate of drug-likeness (QED) is 0.699. The molecule has 0 radical (unpaired) electrons. The van der Waals surface area contributed by atoms with Crippen LogP contribution in [0.5, 0.6) is 5.75 Å². The number of benzene rings is 1. The van der Waals surface area contributed by atoms with E-state index in [4.69, 9.17) is 9.47 Å². The highest BCUT2D eigenvalue weighted by Gasteiger charge is 2.09. The summed E-state index contributed by atoms with van der Waals surface area (Å²) in [5.74, 6) is 0.578. The second-order valence-electron chi connectivity index (χ2n) is 4.80. The van der Waals surface area contributed by atoms with Gasteiger partial charge in [0.15, 0.2) is 11.6 Å². The van der Waals surface area contributed by atoms with E-state index in [2.05, 4.69) is 19.2 Å². The number of hydrogen-bond donors (Lipinski definition) is 1. The Morgan fingerprint density at radius 3 is 2.74 bits per heavy atom. The van der Waals surface area contributed by atoms with Crippen molar-refractivity contribution in [2.24, 2.45) is 5.92 Å². The summed E-state index contributed by atoms with van der Waals surface area (Å²) in [7, 11) is 0. The van der Waals surface area contributed by atoms with Crippen LogP contribution in [0.4, 0.5) is 4.39 Å². The van der Waals surface area contributed by atoms with Crippen molar-refractivity contribution in [3.63, 3.8) is 0 Å². The number of rotatable bonds is 9. The Labute approximate surface area is 115 Å². The lowest BCUT2D eigenvalue weighted by molar-refractivity contribution is 0.108. The molecular formula is C15H24FNO2. The Morgan fingerprint density at radius 2 is 2.05 bits per heavy atom. The molecular weight excluding hydrogens is 245 g/mol. The summed E-state index contributed by atoms with van der Waals surface area (Å²) < 4.78 is 24.4. The molecule has 0 aliphatic rings. The molecule has 19 heavy (non-hydrogen) atoms. The summed E-state index contributed by atoms with van der Waals surface area (Å²) in [6.45, 7) is 9.19. The van der Waals surface area contributed by atoms with Crippen LogP contribution in [0.15, 0.2) is 18.2 Å². The molecule has 0 bridgehead atoms. The van der Waals surface area contributed by atoms with Crippen molar-refractivity contribution in [1.29, 1.82) is 0 Å². The molecule has 0 aliphatic carbocycles. The minimum absolute atomic E-state index is 0.319. The lowest BCUT2D eigenvalue weighted by atomic mass is 10.1. The summed E-state index contributed by atoms with van der Waals surface area (Å²) in [4.78, 5) is 0. The predicted molar refractivity (Wildman–Crippen MR) is 74.9 cm³/mol. The summed E-state index contributed by atoms with van der Waals surface area (Å²) in [5.41, 5.74) is 0.845. The Kier molecular flexibility index (Phi) is 7.45. The zero-order valence-corrected chi connectivity index (χ0v) is 12.0. The molecule has 4 heteroatoms. The number of hydrogen-bond acceptors (Lipinski definition) is 3. The molecule has 1 aromatic carbocycles. The first-order valence-electron chi connectivity index (χ1n) is 6.83. The molecule has 0 saturated heterocycles. The third-order valence-electron chi connectivity index (χ3n) is 2.59. The van der Waals surface area contributed by atoms with Crippen molar-refractivity contribution >= 4 is 0 Å². The molecule has 108 valence electrons. The van der Waals surface area contributed by atoms with Crippen molar-refractivity contribution in [2.75, 3.05) is 26.4 Å². The standard InChI is InChI=1S/C15H24FNO2/c1-4-18-8-9-19-15-13(6-5-7-14(15)16)11-17-10-12(2)3/h5-7,12,17H,4,8-11H2,1-3H3. The monoisotopic (exact) mass is 269 g/mol. The van der Waals surface area contributed by atoms with E-state index in [0.29, 0.717) is 38.0 Å². The lowest BCUT2D eigenvalue weighted by Crippen LogP contribution is -2.20. The van der Waals surface area contributed by atoms with Crippen molar-refractivity contribution in [1.82, 2.24) is 5.32 Å². The van der Waals surface area contributed by atoms with Crippen LogP contribution in [-0.2, 0) is 11.3 Å². The van der Waals surface area contributed by atoms with Gasteiger partial charge in [-0.1, -0.05) is 26.0 Å². The zero-order valence-electron chi connectivity index (χ0n) is 12.0. The smallest absolute Gasteiger partial charge is 0.165 e. The molecule has 3 nitrogen and oxygen atoms in total. The van der Waals surface area contributed by atoms with Gasteiger partial charge in [-0.3, -0.25) is 0 Å². The van der Waals surface area contributed by atoms with Crippen LogP contribution in [0.1, 0.15) is 26.3 Å². The van der Waals surface area contributed by atoms with Crippen LogP contribution in [0.25, 0.3) is 0 Å². The molecule has 0 spiro atoms. The van der Waals surface area contributed by atoms with Gasteiger partial charge in [-0.25, -0.2) is 4.39 Å². The Morgan fingerprint density at radius 1 is 1.26 bits per heavy atom. The number of ether oxygens (including phenoxy) is 2. The van der Waals surface area contributed by atoms with Gasteiger partial charge in [-0.2, -0.15) is 0 Å². The highest BCUT2D eigenvalue weighted by molar-refractivity contribution is 5.34. The molecule has 1 N–H and O–H groups in total. The van der Waals surface area contributed by atoms with E-state index >= 15 is 0 Å². The van der Waals surface area contributed by atoms with Crippen molar-refractivity contribution in [3.8, 4) is 5.75 Å². The summed E-state index contributed by atoms with van der Waals surface area (Å²) >= 11 is 0. The molecule has 0 amide bonds. The lowest BCUT2D eigenvalue weighted by Gasteiger charge is -2.14. The van der Waals surface area contributed by atoms with Gasteiger partial charge in [0.1, 0.15) is 6.61 Å². The summed E-state index contributed by atoms with van der Waals surface area (Å²) in [5, 5.41) is 3.29. The fraction of sp³-hybridized carbons (Fsp3) is 0.600. The largest absolute Gasteiger partial charge is 0.488 e. The van der Waals surface area contributed by atoms with Gasteiger partial charge in [0.2, 0.25) is 0 Å². The maximum Gasteiger partial charge on any atom is 0.165 e. The van der Waals surface area contributed by atoms with Crippen LogP contribution < -0.4 is 10.1 Å². The first-order valence-corrected chi connectivity index (χ1v) is 6.83. The Hall–Kier alpha value is -1.13. The van der Waals surface area contributed by atoms with Crippen LogP contribution in [0.3, 0.4) is 0 Å². The van der Waals surface area contributed by atoms with E-state index in [-0.39, 0.29) is 5.82 Å². The average Bonchev–Trinajstić information content (AvgIpc) is 2.36. The van der Waals surface area contributed by atoms with Crippen molar-refractivity contribution in [2.45, 2.75) is 27.3 Å². The normalized spacial score (nSPS) is 11.0. The number of para-hydroxylation sites is 1. The third-order valence-corrected chi connectivity index (χ3v) is 2.59. The van der Waals surface area contributed by atoms with E-state index in [1.807, 2.05) is 13.0 Å². The van der Waals surface area contributed by atoms with Gasteiger partial charge in [-0.15, -0.1) is 0 Å². The first-order chi connectivity index (χ1) is 9.15. The second-order valence-corrected chi connectivity index (χ2v) is 4.80. The fourth-order valence-corrected chi connectivity index (χ4v) is 1.70. The molecule has 0 aliphatic heterocycles. The SMILES string of the molecule is CCOCCOc1c(F)cccc1CNCC(C)C. The van der Waals surface area contributed by atoms with Gasteiger partial charge >= 0.3 is 0 Å². The van der Waals surface area contributed by atoms with Gasteiger partial charge in [0.25, 0.3) is 0 Å². The van der Waals surface area contributed by atoms with Crippen molar-refractivity contribution in [3.05, 3.63) is 29.6 Å². The number of nitrogens with one attached hydrogen (secondary N) is 1. The van der Waals surface area contributed by atoms with Crippen LogP contribution in [0, 0.1) is 11.7 Å².